The van der Waals surface area contributed by atoms with Crippen molar-refractivity contribution in [1.82, 2.24) is 4.90 Å². The molecule has 0 spiro atoms. The Morgan fingerprint density at radius 1 is 1.61 bits per heavy atom. The van der Waals surface area contributed by atoms with E-state index in [4.69, 9.17) is 17.3 Å². The van der Waals surface area contributed by atoms with E-state index in [1.54, 1.807) is 18.2 Å². The maximum atomic E-state index is 11.8. The van der Waals surface area contributed by atoms with E-state index in [1.807, 2.05) is 4.90 Å². The highest BCUT2D eigenvalue weighted by molar-refractivity contribution is 6.33. The van der Waals surface area contributed by atoms with E-state index >= 15 is 0 Å². The van der Waals surface area contributed by atoms with Crippen molar-refractivity contribution < 1.29 is 9.90 Å². The number of nitrogens with zero attached hydrogens (tertiary/aromatic N) is 1. The Bertz CT molecular complexity index is 453. The molecular weight excluding hydrogens is 254 g/mol. The number of halogens is 1. The minimum absolute atomic E-state index is 0.156. The number of nitrogens with one attached hydrogen (secondary N) is 1. The van der Waals surface area contributed by atoms with Crippen LogP contribution in [0.3, 0.4) is 0 Å². The van der Waals surface area contributed by atoms with Crippen LogP contribution in [0.15, 0.2) is 18.2 Å². The van der Waals surface area contributed by atoms with Crippen molar-refractivity contribution in [2.75, 3.05) is 30.7 Å². The van der Waals surface area contributed by atoms with Crippen LogP contribution >= 0.6 is 11.6 Å². The fourth-order valence-electron chi connectivity index (χ4n) is 1.99. The average molecular weight is 270 g/mol. The molecule has 98 valence electrons. The summed E-state index contributed by atoms with van der Waals surface area (Å²) in [5.74, 6) is -0.156. The molecule has 2 rings (SSSR count). The second-order valence-corrected chi connectivity index (χ2v) is 4.87. The number of nitrogens with two attached hydrogens (primary N) is 1. The number of aliphatic hydroxyl groups excluding tert-OH is 1. The standard InChI is InChI=1S/C12H16ClN3O2/c13-10-2-1-8(14)5-11(10)15-12(18)7-16-4-3-9(17)6-16/h1-2,5,9,17H,3-4,6-7,14H2,(H,15,18). The van der Waals surface area contributed by atoms with Gasteiger partial charge in [0.2, 0.25) is 5.91 Å². The summed E-state index contributed by atoms with van der Waals surface area (Å²) in [6, 6.07) is 4.94. The molecule has 1 saturated heterocycles. The molecule has 1 aromatic carbocycles. The van der Waals surface area contributed by atoms with E-state index in [0.717, 1.165) is 6.54 Å². The number of amides is 1. The summed E-state index contributed by atoms with van der Waals surface area (Å²) in [5.41, 5.74) is 6.69. The number of anilines is 2. The van der Waals surface area contributed by atoms with Gasteiger partial charge in [-0.25, -0.2) is 0 Å². The zero-order chi connectivity index (χ0) is 13.1. The molecule has 1 atom stereocenters. The van der Waals surface area contributed by atoms with Crippen LogP contribution in [0.1, 0.15) is 6.42 Å². The van der Waals surface area contributed by atoms with Gasteiger partial charge in [-0.2, -0.15) is 0 Å². The number of hydrogen-bond donors (Lipinski definition) is 3. The Labute approximate surface area is 111 Å². The predicted octanol–water partition coefficient (Wildman–Crippen LogP) is 0.927. The van der Waals surface area contributed by atoms with Crippen LogP contribution in [0.5, 0.6) is 0 Å². The van der Waals surface area contributed by atoms with Gasteiger partial charge in [0.05, 0.1) is 23.4 Å². The quantitative estimate of drug-likeness (QED) is 0.713. The Morgan fingerprint density at radius 2 is 2.39 bits per heavy atom. The molecule has 0 saturated carbocycles. The lowest BCUT2D eigenvalue weighted by Crippen LogP contribution is -2.32. The van der Waals surface area contributed by atoms with Crippen molar-refractivity contribution in [3.63, 3.8) is 0 Å². The summed E-state index contributed by atoms with van der Waals surface area (Å²) in [6.45, 7) is 1.53. The zero-order valence-corrected chi connectivity index (χ0v) is 10.7. The third-order valence-corrected chi connectivity index (χ3v) is 3.21. The molecular formula is C12H16ClN3O2. The highest BCUT2D eigenvalue weighted by Gasteiger charge is 2.22. The third-order valence-electron chi connectivity index (χ3n) is 2.88. The number of β-amino-alcohol motifs (C(OH)–C–C–N with tert-alkyl or cyclic N) is 1. The van der Waals surface area contributed by atoms with Crippen molar-refractivity contribution in [3.05, 3.63) is 23.2 Å². The van der Waals surface area contributed by atoms with E-state index in [9.17, 15) is 9.90 Å². The summed E-state index contributed by atoms with van der Waals surface area (Å²) < 4.78 is 0. The maximum Gasteiger partial charge on any atom is 0.238 e. The first kappa shape index (κ1) is 13.1. The SMILES string of the molecule is Nc1ccc(Cl)c(NC(=O)CN2CCC(O)C2)c1. The Kier molecular flexibility index (Phi) is 4.06. The first-order chi connectivity index (χ1) is 8.54. The number of nitrogen functional groups attached to an aromatic ring is 1. The number of likely N-dealkylation sites (tertiary alicyclic amines) is 1. The van der Waals surface area contributed by atoms with Crippen LogP contribution < -0.4 is 11.1 Å². The lowest BCUT2D eigenvalue weighted by Gasteiger charge is -2.15. The highest BCUT2D eigenvalue weighted by atomic mass is 35.5. The second-order valence-electron chi connectivity index (χ2n) is 4.47. The van der Waals surface area contributed by atoms with Crippen LogP contribution in [0.2, 0.25) is 5.02 Å². The summed E-state index contributed by atoms with van der Waals surface area (Å²) >= 11 is 5.96. The van der Waals surface area contributed by atoms with E-state index in [2.05, 4.69) is 5.32 Å². The van der Waals surface area contributed by atoms with Gasteiger partial charge in [-0.15, -0.1) is 0 Å². The van der Waals surface area contributed by atoms with Crippen LogP contribution in [0, 0.1) is 0 Å². The first-order valence-corrected chi connectivity index (χ1v) is 6.17. The third kappa shape index (κ3) is 3.35. The Hall–Kier alpha value is -1.30. The highest BCUT2D eigenvalue weighted by Crippen LogP contribution is 2.24. The molecule has 0 bridgehead atoms. The molecule has 0 radical (unpaired) electrons. The average Bonchev–Trinajstić information content (AvgIpc) is 2.69. The molecule has 1 fully saturated rings. The predicted molar refractivity (Wildman–Crippen MR) is 71.6 cm³/mol. The van der Waals surface area contributed by atoms with Crippen molar-refractivity contribution in [2.24, 2.45) is 0 Å². The van der Waals surface area contributed by atoms with Crippen molar-refractivity contribution >= 4 is 28.9 Å². The Morgan fingerprint density at radius 3 is 3.06 bits per heavy atom. The van der Waals surface area contributed by atoms with Crippen molar-refractivity contribution in [1.29, 1.82) is 0 Å². The Balaban J connectivity index is 1.92. The van der Waals surface area contributed by atoms with Gasteiger partial charge in [-0.1, -0.05) is 11.6 Å². The molecule has 5 nitrogen and oxygen atoms in total. The number of aliphatic hydroxyl groups is 1. The van der Waals surface area contributed by atoms with Gasteiger partial charge in [-0.05, 0) is 24.6 Å². The lowest BCUT2D eigenvalue weighted by atomic mass is 10.3. The minimum atomic E-state index is -0.325. The molecule has 4 N–H and O–H groups in total. The number of rotatable bonds is 3. The molecule has 1 amide bonds. The summed E-state index contributed by atoms with van der Waals surface area (Å²) in [7, 11) is 0. The van der Waals surface area contributed by atoms with Gasteiger partial charge in [0.25, 0.3) is 0 Å². The van der Waals surface area contributed by atoms with Crippen LogP contribution in [0.25, 0.3) is 0 Å². The fourth-order valence-corrected chi connectivity index (χ4v) is 2.15. The van der Waals surface area contributed by atoms with Crippen LogP contribution in [0.4, 0.5) is 11.4 Å². The van der Waals surface area contributed by atoms with Crippen molar-refractivity contribution in [3.8, 4) is 0 Å². The molecule has 0 aliphatic carbocycles. The zero-order valence-electron chi connectivity index (χ0n) is 9.90. The number of benzene rings is 1. The normalized spacial score (nSPS) is 20.0. The maximum absolute atomic E-state index is 11.8. The van der Waals surface area contributed by atoms with Gasteiger partial charge in [0, 0.05) is 18.8 Å². The van der Waals surface area contributed by atoms with E-state index in [1.165, 1.54) is 0 Å². The first-order valence-electron chi connectivity index (χ1n) is 5.80. The lowest BCUT2D eigenvalue weighted by molar-refractivity contribution is -0.117. The minimum Gasteiger partial charge on any atom is -0.399 e. The van der Waals surface area contributed by atoms with Gasteiger partial charge >= 0.3 is 0 Å². The van der Waals surface area contributed by atoms with Crippen LogP contribution in [-0.4, -0.2) is 41.7 Å². The van der Waals surface area contributed by atoms with E-state index in [-0.39, 0.29) is 18.6 Å². The number of hydrogen-bond acceptors (Lipinski definition) is 4. The molecule has 6 heteroatoms. The molecule has 1 unspecified atom stereocenters. The number of carbonyl (C=O) groups is 1. The second kappa shape index (κ2) is 5.56. The largest absolute Gasteiger partial charge is 0.399 e. The molecule has 0 aromatic heterocycles. The molecule has 18 heavy (non-hydrogen) atoms. The smallest absolute Gasteiger partial charge is 0.238 e. The monoisotopic (exact) mass is 269 g/mol. The van der Waals surface area contributed by atoms with Gasteiger partial charge in [0.15, 0.2) is 0 Å². The topological polar surface area (TPSA) is 78.6 Å². The molecule has 1 heterocycles. The van der Waals surface area contributed by atoms with E-state index < -0.39 is 0 Å². The van der Waals surface area contributed by atoms with Gasteiger partial charge in [-0.3, -0.25) is 9.69 Å². The molecule has 1 aromatic rings. The summed E-state index contributed by atoms with van der Waals surface area (Å²) in [4.78, 5) is 13.7. The molecule has 1 aliphatic heterocycles. The molecule has 1 aliphatic rings. The number of carbonyl (C=O) groups excluding carboxylic acids is 1. The summed E-state index contributed by atoms with van der Waals surface area (Å²) in [5, 5.41) is 12.5. The van der Waals surface area contributed by atoms with Crippen molar-refractivity contribution in [2.45, 2.75) is 12.5 Å². The van der Waals surface area contributed by atoms with Gasteiger partial charge in [0.1, 0.15) is 0 Å². The van der Waals surface area contributed by atoms with Crippen LogP contribution in [-0.2, 0) is 4.79 Å². The summed E-state index contributed by atoms with van der Waals surface area (Å²) in [6.07, 6.45) is 0.389. The van der Waals surface area contributed by atoms with Gasteiger partial charge < -0.3 is 16.2 Å². The van der Waals surface area contributed by atoms with E-state index in [0.29, 0.717) is 29.4 Å². The fraction of sp³-hybridized carbons (Fsp3) is 0.417.